The first-order valence-electron chi connectivity index (χ1n) is 9.79. The van der Waals surface area contributed by atoms with E-state index in [-0.39, 0.29) is 12.2 Å². The minimum atomic E-state index is -0.532. The first kappa shape index (κ1) is 21.1. The fourth-order valence-electron chi connectivity index (χ4n) is 3.10. The van der Waals surface area contributed by atoms with Crippen molar-refractivity contribution >= 4 is 18.8 Å². The molecule has 3 heterocycles. The highest BCUT2D eigenvalue weighted by atomic mass is 16.7. The van der Waals surface area contributed by atoms with Gasteiger partial charge in [0.25, 0.3) is 0 Å². The van der Waals surface area contributed by atoms with Gasteiger partial charge in [0.2, 0.25) is 0 Å². The van der Waals surface area contributed by atoms with Gasteiger partial charge in [-0.05, 0) is 66.2 Å². The molecular weight excluding hydrogens is 359 g/mol. The fraction of sp³-hybridized carbons (Fsp3) is 0.700. The van der Waals surface area contributed by atoms with E-state index in [9.17, 15) is 4.79 Å². The van der Waals surface area contributed by atoms with E-state index in [0.717, 1.165) is 5.56 Å². The molecule has 2 fully saturated rings. The maximum absolute atomic E-state index is 12.4. The highest BCUT2D eigenvalue weighted by Gasteiger charge is 2.52. The van der Waals surface area contributed by atoms with Crippen molar-refractivity contribution in [3.8, 4) is 0 Å². The Bertz CT molecular complexity index is 716. The normalized spacial score (nSPS) is 24.3. The maximum atomic E-state index is 12.4. The Balaban J connectivity index is 1.73. The van der Waals surface area contributed by atoms with Gasteiger partial charge in [0.1, 0.15) is 11.7 Å². The number of morpholine rings is 1. The van der Waals surface area contributed by atoms with Crippen LogP contribution in [0.2, 0.25) is 0 Å². The van der Waals surface area contributed by atoms with E-state index in [1.807, 2.05) is 60.6 Å². The lowest BCUT2D eigenvalue weighted by Gasteiger charge is -2.34. The largest absolute Gasteiger partial charge is 0.514 e. The van der Waals surface area contributed by atoms with Gasteiger partial charge in [-0.1, -0.05) is 0 Å². The van der Waals surface area contributed by atoms with Gasteiger partial charge in [0.15, 0.2) is 0 Å². The van der Waals surface area contributed by atoms with Crippen LogP contribution in [0.5, 0.6) is 0 Å². The van der Waals surface area contributed by atoms with Crippen LogP contribution >= 0.6 is 0 Å². The van der Waals surface area contributed by atoms with Gasteiger partial charge in [-0.25, -0.2) is 4.79 Å². The van der Waals surface area contributed by atoms with Crippen LogP contribution in [-0.4, -0.2) is 59.6 Å². The molecule has 1 aromatic rings. The molecule has 0 aromatic carbocycles. The zero-order valence-electron chi connectivity index (χ0n) is 17.9. The zero-order chi connectivity index (χ0) is 20.7. The van der Waals surface area contributed by atoms with Gasteiger partial charge in [0.05, 0.1) is 29.9 Å². The molecule has 0 bridgehead atoms. The smallest absolute Gasteiger partial charge is 0.444 e. The van der Waals surface area contributed by atoms with Gasteiger partial charge in [-0.2, -0.15) is 0 Å². The molecule has 1 unspecified atom stereocenters. The van der Waals surface area contributed by atoms with Crippen molar-refractivity contribution in [2.75, 3.05) is 19.7 Å². The monoisotopic (exact) mass is 390 g/mol. The van der Waals surface area contributed by atoms with Crippen LogP contribution in [0.3, 0.4) is 0 Å². The molecule has 0 N–H and O–H groups in total. The minimum Gasteiger partial charge on any atom is -0.444 e. The molecule has 0 radical (unpaired) electrons. The Morgan fingerprint density at radius 1 is 1.25 bits per heavy atom. The summed E-state index contributed by atoms with van der Waals surface area (Å²) in [6.07, 6.45) is 1.16. The standard InChI is InChI=1S/C20H31BN2O5/c1-18(2,3)26-17(24)23-10-11-25-15(13-23)14-8-9-22-16(12-14)21-27-19(4,5)20(6,7)28-21/h8-9,12,15H,10-11,13H2,1-7H3. The molecule has 154 valence electrons. The molecule has 0 saturated carbocycles. The molecule has 8 heteroatoms. The third-order valence-corrected chi connectivity index (χ3v) is 5.39. The Hall–Kier alpha value is -1.64. The zero-order valence-corrected chi connectivity index (χ0v) is 17.9. The molecule has 3 rings (SSSR count). The quantitative estimate of drug-likeness (QED) is 0.724. The summed E-state index contributed by atoms with van der Waals surface area (Å²) in [6.45, 7) is 15.0. The molecule has 1 aromatic heterocycles. The predicted molar refractivity (Wildman–Crippen MR) is 106 cm³/mol. The van der Waals surface area contributed by atoms with E-state index >= 15 is 0 Å². The summed E-state index contributed by atoms with van der Waals surface area (Å²) >= 11 is 0. The van der Waals surface area contributed by atoms with E-state index in [1.165, 1.54) is 0 Å². The summed E-state index contributed by atoms with van der Waals surface area (Å²) in [6, 6.07) is 3.84. The molecule has 1 amide bonds. The average molecular weight is 390 g/mol. The van der Waals surface area contributed by atoms with E-state index < -0.39 is 23.9 Å². The lowest BCUT2D eigenvalue weighted by atomic mass is 9.83. The number of carbonyl (C=O) groups is 1. The molecule has 1 atom stereocenters. The maximum Gasteiger partial charge on any atom is 0.514 e. The molecule has 2 aliphatic rings. The lowest BCUT2D eigenvalue weighted by molar-refractivity contribution is -0.0432. The van der Waals surface area contributed by atoms with Crippen molar-refractivity contribution in [2.24, 2.45) is 0 Å². The molecule has 28 heavy (non-hydrogen) atoms. The number of carbonyl (C=O) groups excluding carboxylic acids is 1. The average Bonchev–Trinajstić information content (AvgIpc) is 2.81. The summed E-state index contributed by atoms with van der Waals surface area (Å²) in [7, 11) is -0.532. The molecule has 2 aliphatic heterocycles. The van der Waals surface area contributed by atoms with Crippen molar-refractivity contribution in [3.05, 3.63) is 23.9 Å². The first-order chi connectivity index (χ1) is 12.9. The van der Waals surface area contributed by atoms with E-state index in [1.54, 1.807) is 11.1 Å². The van der Waals surface area contributed by atoms with Crippen LogP contribution in [0, 0.1) is 0 Å². The van der Waals surface area contributed by atoms with E-state index in [2.05, 4.69) is 4.98 Å². The SMILES string of the molecule is CC(C)(C)OC(=O)N1CCOC(c2ccnc(B3OC(C)(C)C(C)(C)O3)c2)C1. The van der Waals surface area contributed by atoms with Gasteiger partial charge in [-0.3, -0.25) is 4.98 Å². The molecule has 2 saturated heterocycles. The van der Waals surface area contributed by atoms with Gasteiger partial charge >= 0.3 is 13.2 Å². The minimum absolute atomic E-state index is 0.245. The second-order valence-corrected chi connectivity index (χ2v) is 9.39. The molecule has 0 spiro atoms. The van der Waals surface area contributed by atoms with Crippen molar-refractivity contribution in [1.82, 2.24) is 9.88 Å². The highest BCUT2D eigenvalue weighted by molar-refractivity contribution is 6.61. The Morgan fingerprint density at radius 3 is 2.50 bits per heavy atom. The third-order valence-electron chi connectivity index (χ3n) is 5.39. The van der Waals surface area contributed by atoms with Crippen molar-refractivity contribution in [3.63, 3.8) is 0 Å². The second-order valence-electron chi connectivity index (χ2n) is 9.39. The molecule has 7 nitrogen and oxygen atoms in total. The Morgan fingerprint density at radius 2 is 1.89 bits per heavy atom. The first-order valence-corrected chi connectivity index (χ1v) is 9.79. The van der Waals surface area contributed by atoms with Gasteiger partial charge in [0, 0.05) is 12.7 Å². The van der Waals surface area contributed by atoms with E-state index in [0.29, 0.717) is 25.3 Å². The highest BCUT2D eigenvalue weighted by Crippen LogP contribution is 2.36. The van der Waals surface area contributed by atoms with Crippen LogP contribution < -0.4 is 5.59 Å². The van der Waals surface area contributed by atoms with Gasteiger partial charge in [-0.15, -0.1) is 0 Å². The van der Waals surface area contributed by atoms with Crippen molar-refractivity contribution in [2.45, 2.75) is 71.4 Å². The number of amides is 1. The van der Waals surface area contributed by atoms with Gasteiger partial charge < -0.3 is 23.7 Å². The summed E-state index contributed by atoms with van der Waals surface area (Å²) in [4.78, 5) is 18.5. The number of aromatic nitrogens is 1. The third kappa shape index (κ3) is 4.50. The molecular formula is C20H31BN2O5. The number of pyridine rings is 1. The Labute approximate surface area is 167 Å². The van der Waals surface area contributed by atoms with Crippen LogP contribution in [-0.2, 0) is 18.8 Å². The van der Waals surface area contributed by atoms with Crippen molar-refractivity contribution < 1.29 is 23.6 Å². The summed E-state index contributed by atoms with van der Waals surface area (Å²) in [5.41, 5.74) is 0.266. The topological polar surface area (TPSA) is 70.1 Å². The number of hydrogen-bond acceptors (Lipinski definition) is 6. The van der Waals surface area contributed by atoms with E-state index in [4.69, 9.17) is 18.8 Å². The van der Waals surface area contributed by atoms with Crippen LogP contribution in [0.4, 0.5) is 4.79 Å². The Kier molecular flexibility index (Phi) is 5.51. The predicted octanol–water partition coefficient (Wildman–Crippen LogP) is 2.69. The van der Waals surface area contributed by atoms with Crippen LogP contribution in [0.1, 0.15) is 60.1 Å². The number of hydrogen-bond donors (Lipinski definition) is 0. The van der Waals surface area contributed by atoms with Crippen molar-refractivity contribution in [1.29, 1.82) is 0 Å². The number of rotatable bonds is 2. The second kappa shape index (κ2) is 7.32. The number of ether oxygens (including phenoxy) is 2. The molecule has 0 aliphatic carbocycles. The van der Waals surface area contributed by atoms with Crippen LogP contribution in [0.25, 0.3) is 0 Å². The fourth-order valence-corrected chi connectivity index (χ4v) is 3.10. The summed E-state index contributed by atoms with van der Waals surface area (Å²) in [5.74, 6) is 0. The van der Waals surface area contributed by atoms with Crippen LogP contribution in [0.15, 0.2) is 18.3 Å². The lowest BCUT2D eigenvalue weighted by Crippen LogP contribution is -2.45. The number of nitrogens with zero attached hydrogens (tertiary/aromatic N) is 2. The summed E-state index contributed by atoms with van der Waals surface area (Å²) < 4.78 is 23.6. The summed E-state index contributed by atoms with van der Waals surface area (Å²) in [5, 5.41) is 0.